The van der Waals surface area contributed by atoms with E-state index < -0.39 is 11.2 Å². The fourth-order valence-corrected chi connectivity index (χ4v) is 3.94. The minimum Gasteiger partial charge on any atom is -0.480 e. The lowest BCUT2D eigenvalue weighted by Gasteiger charge is -2.52. The van der Waals surface area contributed by atoms with E-state index in [1.54, 1.807) is 24.3 Å². The second-order valence-electron chi connectivity index (χ2n) is 7.76. The van der Waals surface area contributed by atoms with Crippen molar-refractivity contribution in [1.29, 1.82) is 5.26 Å². The van der Waals surface area contributed by atoms with Crippen LogP contribution in [0.3, 0.4) is 0 Å². The number of rotatable bonds is 4. The Labute approximate surface area is 153 Å². The second-order valence-corrected chi connectivity index (χ2v) is 8.19. The van der Waals surface area contributed by atoms with Gasteiger partial charge in [-0.3, -0.25) is 0 Å². The molecule has 25 heavy (non-hydrogen) atoms. The Hall–Kier alpha value is -1.77. The van der Waals surface area contributed by atoms with Gasteiger partial charge in [-0.15, -0.1) is 0 Å². The lowest BCUT2D eigenvalue weighted by molar-refractivity contribution is -0.0686. The van der Waals surface area contributed by atoms with Gasteiger partial charge in [0.2, 0.25) is 6.19 Å². The van der Waals surface area contributed by atoms with E-state index in [0.29, 0.717) is 16.6 Å². The highest BCUT2D eigenvalue weighted by Crippen LogP contribution is 2.47. The minimum absolute atomic E-state index is 0.110. The van der Waals surface area contributed by atoms with Crippen molar-refractivity contribution in [2.75, 3.05) is 0 Å². The van der Waals surface area contributed by atoms with Crippen LogP contribution in [0.4, 0.5) is 0 Å². The van der Waals surface area contributed by atoms with Crippen LogP contribution in [0, 0.1) is 11.5 Å². The zero-order chi connectivity index (χ0) is 18.1. The number of halogens is 1. The second kappa shape index (κ2) is 6.51. The van der Waals surface area contributed by atoms with Crippen molar-refractivity contribution >= 4 is 17.4 Å². The van der Waals surface area contributed by atoms with Gasteiger partial charge in [0.05, 0.1) is 5.60 Å². The van der Waals surface area contributed by atoms with E-state index in [0.717, 1.165) is 38.5 Å². The number of amidine groups is 1. The van der Waals surface area contributed by atoms with Gasteiger partial charge in [0, 0.05) is 10.6 Å². The summed E-state index contributed by atoms with van der Waals surface area (Å²) in [5.41, 5.74) is -1.39. The Kier molecular flexibility index (Phi) is 4.70. The lowest BCUT2D eigenvalue weighted by atomic mass is 9.63. The van der Waals surface area contributed by atoms with Crippen molar-refractivity contribution in [2.45, 2.75) is 69.1 Å². The van der Waals surface area contributed by atoms with Crippen molar-refractivity contribution in [3.8, 4) is 11.9 Å². The largest absolute Gasteiger partial charge is 0.480 e. The molecule has 0 atom stereocenters. The van der Waals surface area contributed by atoms with Gasteiger partial charge in [0.25, 0.3) is 0 Å². The molecule has 3 aliphatic carbocycles. The first-order chi connectivity index (χ1) is 11.8. The smallest absolute Gasteiger partial charge is 0.207 e. The number of hydrogen-bond acceptors (Lipinski definition) is 4. The first-order valence-corrected chi connectivity index (χ1v) is 9.06. The predicted octanol–water partition coefficient (Wildman–Crippen LogP) is 3.80. The first-order valence-electron chi connectivity index (χ1n) is 8.68. The third-order valence-corrected chi connectivity index (χ3v) is 5.76. The average Bonchev–Trinajstić information content (AvgIpc) is 2.58. The van der Waals surface area contributed by atoms with Crippen molar-refractivity contribution in [3.05, 3.63) is 29.3 Å². The van der Waals surface area contributed by atoms with Gasteiger partial charge in [-0.2, -0.15) is 10.3 Å². The number of benzene rings is 1. The zero-order valence-corrected chi connectivity index (χ0v) is 15.4. The number of ether oxygens (including phenoxy) is 1. The molecule has 0 heterocycles. The number of nitrogens with one attached hydrogen (secondary N) is 1. The summed E-state index contributed by atoms with van der Waals surface area (Å²) in [6, 6.07) is 7.13. The third kappa shape index (κ3) is 3.91. The first kappa shape index (κ1) is 18.0. The molecular weight excluding hydrogens is 338 g/mol. The molecule has 3 saturated carbocycles. The molecule has 3 fully saturated rings. The van der Waals surface area contributed by atoms with Gasteiger partial charge in [0.15, 0.2) is 11.4 Å². The standard InChI is InChI=1S/C19H24ClN3O2/c1-17(2,25-15-5-3-14(20)4-6-15)16(22-13-21)23-18-7-10-19(24,11-8-18)12-9-18/h3-6,24H,7-12H2,1-2H3,(H,22,23). The van der Waals surface area contributed by atoms with E-state index in [2.05, 4.69) is 10.3 Å². The van der Waals surface area contributed by atoms with E-state index in [9.17, 15) is 5.11 Å². The molecule has 0 saturated heterocycles. The predicted molar refractivity (Wildman–Crippen MR) is 97.7 cm³/mol. The zero-order valence-electron chi connectivity index (χ0n) is 14.7. The molecule has 0 amide bonds. The van der Waals surface area contributed by atoms with Crippen LogP contribution >= 0.6 is 11.6 Å². The lowest BCUT2D eigenvalue weighted by Crippen LogP contribution is -2.62. The van der Waals surface area contributed by atoms with Gasteiger partial charge in [-0.1, -0.05) is 11.6 Å². The Morgan fingerprint density at radius 3 is 2.28 bits per heavy atom. The van der Waals surface area contributed by atoms with Crippen LogP contribution in [0.15, 0.2) is 29.3 Å². The summed E-state index contributed by atoms with van der Waals surface area (Å²) in [5.74, 6) is 1.19. The maximum absolute atomic E-state index is 10.4. The molecule has 4 rings (SSSR count). The Bertz CT molecular complexity index is 682. The molecule has 1 aromatic rings. The number of aliphatic hydroxyl groups is 1. The van der Waals surface area contributed by atoms with Gasteiger partial charge in [0.1, 0.15) is 5.75 Å². The molecular formula is C19H24ClN3O2. The maximum Gasteiger partial charge on any atom is 0.207 e. The highest BCUT2D eigenvalue weighted by Gasteiger charge is 2.49. The van der Waals surface area contributed by atoms with Crippen molar-refractivity contribution in [2.24, 2.45) is 4.99 Å². The Morgan fingerprint density at radius 1 is 1.20 bits per heavy atom. The minimum atomic E-state index is -0.788. The Balaban J connectivity index is 1.77. The van der Waals surface area contributed by atoms with Crippen molar-refractivity contribution in [3.63, 3.8) is 0 Å². The highest BCUT2D eigenvalue weighted by atomic mass is 35.5. The number of nitriles is 1. The third-order valence-electron chi connectivity index (χ3n) is 5.51. The number of aliphatic imine (C=N–C) groups is 1. The number of hydrogen-bond donors (Lipinski definition) is 2. The van der Waals surface area contributed by atoms with Gasteiger partial charge in [-0.05, 0) is 76.6 Å². The highest BCUT2D eigenvalue weighted by molar-refractivity contribution is 6.30. The average molecular weight is 362 g/mol. The molecule has 0 unspecified atom stereocenters. The van der Waals surface area contributed by atoms with Crippen LogP contribution in [0.2, 0.25) is 5.02 Å². The molecule has 6 heteroatoms. The summed E-state index contributed by atoms with van der Waals surface area (Å²) in [5, 5.41) is 23.7. The summed E-state index contributed by atoms with van der Waals surface area (Å²) < 4.78 is 6.08. The molecule has 1 aromatic carbocycles. The van der Waals surface area contributed by atoms with Crippen molar-refractivity contribution in [1.82, 2.24) is 5.32 Å². The molecule has 2 N–H and O–H groups in total. The molecule has 3 aliphatic rings. The van der Waals surface area contributed by atoms with Crippen LogP contribution in [0.5, 0.6) is 5.75 Å². The summed E-state index contributed by atoms with van der Waals surface area (Å²) in [6.45, 7) is 3.78. The summed E-state index contributed by atoms with van der Waals surface area (Å²) >= 11 is 5.92. The fourth-order valence-electron chi connectivity index (χ4n) is 3.81. The topological polar surface area (TPSA) is 77.6 Å². The maximum atomic E-state index is 10.4. The van der Waals surface area contributed by atoms with Crippen LogP contribution in [0.1, 0.15) is 52.4 Å². The normalized spacial score (nSPS) is 29.2. The molecule has 0 radical (unpaired) electrons. The quantitative estimate of drug-likeness (QED) is 0.485. The summed E-state index contributed by atoms with van der Waals surface area (Å²) in [4.78, 5) is 4.03. The van der Waals surface area contributed by atoms with E-state index in [1.807, 2.05) is 20.0 Å². The molecule has 0 aliphatic heterocycles. The van der Waals surface area contributed by atoms with Gasteiger partial charge in [-0.25, -0.2) is 0 Å². The molecule has 0 spiro atoms. The number of fused-ring (bicyclic) bond motifs is 3. The summed E-state index contributed by atoms with van der Waals surface area (Å²) in [7, 11) is 0. The molecule has 134 valence electrons. The fraction of sp³-hybridized carbons (Fsp3) is 0.579. The molecule has 2 bridgehead atoms. The molecule has 5 nitrogen and oxygen atoms in total. The van der Waals surface area contributed by atoms with Gasteiger partial charge >= 0.3 is 0 Å². The molecule has 0 aromatic heterocycles. The van der Waals surface area contributed by atoms with Crippen LogP contribution in [0.25, 0.3) is 0 Å². The van der Waals surface area contributed by atoms with Crippen LogP contribution < -0.4 is 10.1 Å². The SMILES string of the molecule is CC(C)(Oc1ccc(Cl)cc1)/C(=N/C#N)NC12CCC(O)(CC1)CC2. The number of nitrogens with zero attached hydrogens (tertiary/aromatic N) is 2. The van der Waals surface area contributed by atoms with Crippen molar-refractivity contribution < 1.29 is 9.84 Å². The van der Waals surface area contributed by atoms with Gasteiger partial charge < -0.3 is 15.2 Å². The van der Waals surface area contributed by atoms with E-state index >= 15 is 0 Å². The van der Waals surface area contributed by atoms with Crippen LogP contribution in [-0.2, 0) is 0 Å². The summed E-state index contributed by atoms with van der Waals surface area (Å²) in [6.07, 6.45) is 6.90. The van der Waals surface area contributed by atoms with E-state index in [-0.39, 0.29) is 5.54 Å². The van der Waals surface area contributed by atoms with Crippen LogP contribution in [-0.4, -0.2) is 27.7 Å². The van der Waals surface area contributed by atoms with E-state index in [4.69, 9.17) is 21.6 Å². The van der Waals surface area contributed by atoms with E-state index in [1.165, 1.54) is 0 Å². The monoisotopic (exact) mass is 361 g/mol. The Morgan fingerprint density at radius 2 is 1.76 bits per heavy atom.